The third kappa shape index (κ3) is 4.69. The Morgan fingerprint density at radius 1 is 1.00 bits per heavy atom. The number of rotatable bonds is 5. The Kier molecular flexibility index (Phi) is 5.59. The average Bonchev–Trinajstić information content (AvgIpc) is 2.59. The lowest BCUT2D eigenvalue weighted by molar-refractivity contribution is -0.137. The van der Waals surface area contributed by atoms with Crippen molar-refractivity contribution >= 4 is 17.5 Å². The molecule has 2 amide bonds. The predicted molar refractivity (Wildman–Crippen MR) is 88.4 cm³/mol. The van der Waals surface area contributed by atoms with Crippen LogP contribution in [-0.4, -0.2) is 18.4 Å². The van der Waals surface area contributed by atoms with E-state index in [0.29, 0.717) is 0 Å². The molecule has 2 aromatic carbocycles. The van der Waals surface area contributed by atoms with Gasteiger partial charge in [-0.3, -0.25) is 9.59 Å². The van der Waals surface area contributed by atoms with Crippen LogP contribution in [0.3, 0.4) is 0 Å². The third-order valence-electron chi connectivity index (χ3n) is 3.30. The topological polar surface area (TPSA) is 58.2 Å². The van der Waals surface area contributed by atoms with Crippen molar-refractivity contribution in [2.75, 3.05) is 11.9 Å². The molecule has 0 aliphatic heterocycles. The lowest BCUT2D eigenvalue weighted by Gasteiger charge is -2.11. The second kappa shape index (κ2) is 7.65. The number of carbonyl (C=O) groups excluding carboxylic acids is 2. The summed E-state index contributed by atoms with van der Waals surface area (Å²) in [5.74, 6) is -1.01. The molecule has 2 rings (SSSR count). The maximum absolute atomic E-state index is 12.6. The molecule has 7 heteroatoms. The second-order valence-corrected chi connectivity index (χ2v) is 5.07. The van der Waals surface area contributed by atoms with Gasteiger partial charge in [-0.25, -0.2) is 0 Å². The molecule has 0 bridgehead atoms. The molecule has 2 N–H and O–H groups in total. The van der Waals surface area contributed by atoms with Gasteiger partial charge in [-0.05, 0) is 36.4 Å². The first-order valence-electron chi connectivity index (χ1n) is 7.29. The fourth-order valence-electron chi connectivity index (χ4n) is 2.06. The first-order valence-corrected chi connectivity index (χ1v) is 7.29. The van der Waals surface area contributed by atoms with Crippen LogP contribution in [-0.2, 0) is 6.18 Å². The molecular weight excluding hydrogens is 333 g/mol. The number of para-hydroxylation sites is 1. The van der Waals surface area contributed by atoms with Gasteiger partial charge in [0.25, 0.3) is 11.8 Å². The van der Waals surface area contributed by atoms with Crippen molar-refractivity contribution in [3.05, 3.63) is 77.9 Å². The summed E-state index contributed by atoms with van der Waals surface area (Å²) in [7, 11) is 0. The SMILES string of the molecule is C=CCNC(=O)c1ccccc1NC(=O)c1ccc(C(F)(F)F)cc1. The van der Waals surface area contributed by atoms with Crippen LogP contribution in [0.5, 0.6) is 0 Å². The average molecular weight is 348 g/mol. The maximum atomic E-state index is 12.6. The number of alkyl halides is 3. The van der Waals surface area contributed by atoms with Crippen LogP contribution in [0.15, 0.2) is 61.2 Å². The van der Waals surface area contributed by atoms with Crippen molar-refractivity contribution in [3.8, 4) is 0 Å². The first kappa shape index (κ1) is 18.3. The third-order valence-corrected chi connectivity index (χ3v) is 3.30. The van der Waals surface area contributed by atoms with Crippen LogP contribution in [0.2, 0.25) is 0 Å². The summed E-state index contributed by atoms with van der Waals surface area (Å²) < 4.78 is 37.7. The van der Waals surface area contributed by atoms with Crippen molar-refractivity contribution in [2.45, 2.75) is 6.18 Å². The van der Waals surface area contributed by atoms with Gasteiger partial charge in [0.05, 0.1) is 16.8 Å². The fraction of sp³-hybridized carbons (Fsp3) is 0.111. The molecule has 4 nitrogen and oxygen atoms in total. The van der Waals surface area contributed by atoms with Gasteiger partial charge in [0, 0.05) is 12.1 Å². The van der Waals surface area contributed by atoms with Crippen LogP contribution < -0.4 is 10.6 Å². The maximum Gasteiger partial charge on any atom is 0.416 e. The van der Waals surface area contributed by atoms with Gasteiger partial charge in [-0.2, -0.15) is 13.2 Å². The first-order chi connectivity index (χ1) is 11.8. The van der Waals surface area contributed by atoms with E-state index in [0.717, 1.165) is 24.3 Å². The highest BCUT2D eigenvalue weighted by atomic mass is 19.4. The molecule has 0 fully saturated rings. The normalized spacial score (nSPS) is 10.8. The summed E-state index contributed by atoms with van der Waals surface area (Å²) in [5, 5.41) is 5.13. The number of nitrogens with one attached hydrogen (secondary N) is 2. The van der Waals surface area contributed by atoms with E-state index in [1.807, 2.05) is 0 Å². The van der Waals surface area contributed by atoms with Gasteiger partial charge >= 0.3 is 6.18 Å². The minimum atomic E-state index is -4.47. The highest BCUT2D eigenvalue weighted by Crippen LogP contribution is 2.29. The largest absolute Gasteiger partial charge is 0.416 e. The number of amides is 2. The quantitative estimate of drug-likeness (QED) is 0.806. The van der Waals surface area contributed by atoms with Gasteiger partial charge in [-0.1, -0.05) is 18.2 Å². The monoisotopic (exact) mass is 348 g/mol. The fourth-order valence-corrected chi connectivity index (χ4v) is 2.06. The molecule has 0 radical (unpaired) electrons. The van der Waals surface area contributed by atoms with Crippen LogP contribution in [0.1, 0.15) is 26.3 Å². The molecule has 0 heterocycles. The molecule has 0 saturated heterocycles. The van der Waals surface area contributed by atoms with E-state index in [2.05, 4.69) is 17.2 Å². The Hall–Kier alpha value is -3.09. The summed E-state index contributed by atoms with van der Waals surface area (Å²) in [6.45, 7) is 3.76. The molecular formula is C18H15F3N2O2. The zero-order valence-corrected chi connectivity index (χ0v) is 13.1. The summed E-state index contributed by atoms with van der Waals surface area (Å²) in [5.41, 5.74) is -0.291. The van der Waals surface area contributed by atoms with Gasteiger partial charge in [0.2, 0.25) is 0 Å². The molecule has 0 saturated carbocycles. The van der Waals surface area contributed by atoms with Crippen molar-refractivity contribution in [1.29, 1.82) is 0 Å². The lowest BCUT2D eigenvalue weighted by Crippen LogP contribution is -2.25. The minimum absolute atomic E-state index is 0.0503. The van der Waals surface area contributed by atoms with Crippen molar-refractivity contribution in [2.24, 2.45) is 0 Å². The van der Waals surface area contributed by atoms with Gasteiger partial charge in [0.1, 0.15) is 0 Å². The summed E-state index contributed by atoms with van der Waals surface area (Å²) in [6.07, 6.45) is -2.95. The summed E-state index contributed by atoms with van der Waals surface area (Å²) in [4.78, 5) is 24.3. The summed E-state index contributed by atoms with van der Waals surface area (Å²) >= 11 is 0. The molecule has 0 aromatic heterocycles. The second-order valence-electron chi connectivity index (χ2n) is 5.07. The van der Waals surface area contributed by atoms with E-state index in [1.165, 1.54) is 18.2 Å². The van der Waals surface area contributed by atoms with Gasteiger partial charge in [-0.15, -0.1) is 6.58 Å². The standard InChI is InChI=1S/C18H15F3N2O2/c1-2-11-22-17(25)14-5-3-4-6-15(14)23-16(24)12-7-9-13(10-8-12)18(19,20)21/h2-10H,1,11H2,(H,22,25)(H,23,24). The smallest absolute Gasteiger partial charge is 0.349 e. The number of halogens is 3. The summed E-state index contributed by atoms with van der Waals surface area (Å²) in [6, 6.07) is 10.2. The van der Waals surface area contributed by atoms with Crippen LogP contribution in [0, 0.1) is 0 Å². The zero-order valence-electron chi connectivity index (χ0n) is 13.1. The van der Waals surface area contributed by atoms with Gasteiger partial charge < -0.3 is 10.6 Å². The number of hydrogen-bond acceptors (Lipinski definition) is 2. The highest BCUT2D eigenvalue weighted by Gasteiger charge is 2.30. The molecule has 0 spiro atoms. The molecule has 0 aliphatic carbocycles. The lowest BCUT2D eigenvalue weighted by atomic mass is 10.1. The molecule has 2 aromatic rings. The van der Waals surface area contributed by atoms with Crippen molar-refractivity contribution < 1.29 is 22.8 Å². The molecule has 130 valence electrons. The Balaban J connectivity index is 2.18. The highest BCUT2D eigenvalue weighted by molar-refractivity contribution is 6.09. The van der Waals surface area contributed by atoms with E-state index in [9.17, 15) is 22.8 Å². The van der Waals surface area contributed by atoms with Gasteiger partial charge in [0.15, 0.2) is 0 Å². The minimum Gasteiger partial charge on any atom is -0.349 e. The van der Waals surface area contributed by atoms with Crippen molar-refractivity contribution in [3.63, 3.8) is 0 Å². The molecule has 25 heavy (non-hydrogen) atoms. The Morgan fingerprint density at radius 3 is 2.24 bits per heavy atom. The number of carbonyl (C=O) groups is 2. The number of benzene rings is 2. The van der Waals surface area contributed by atoms with E-state index >= 15 is 0 Å². The predicted octanol–water partition coefficient (Wildman–Crippen LogP) is 3.87. The zero-order chi connectivity index (χ0) is 18.4. The van der Waals surface area contributed by atoms with E-state index in [1.54, 1.807) is 12.1 Å². The molecule has 0 aliphatic rings. The van der Waals surface area contributed by atoms with Crippen LogP contribution in [0.4, 0.5) is 18.9 Å². The Bertz CT molecular complexity index is 784. The molecule has 0 unspecified atom stereocenters. The number of hydrogen-bond donors (Lipinski definition) is 2. The van der Waals surface area contributed by atoms with E-state index < -0.39 is 23.6 Å². The number of anilines is 1. The van der Waals surface area contributed by atoms with Crippen molar-refractivity contribution in [1.82, 2.24) is 5.32 Å². The van der Waals surface area contributed by atoms with E-state index in [-0.39, 0.29) is 23.4 Å². The van der Waals surface area contributed by atoms with Crippen LogP contribution in [0.25, 0.3) is 0 Å². The Labute approximate surface area is 142 Å². The van der Waals surface area contributed by atoms with Crippen LogP contribution >= 0.6 is 0 Å². The molecule has 0 atom stereocenters. The Morgan fingerprint density at radius 2 is 1.64 bits per heavy atom. The van der Waals surface area contributed by atoms with E-state index in [4.69, 9.17) is 0 Å².